The second-order valence-electron chi connectivity index (χ2n) is 8.81. The Hall–Kier alpha value is -3.51. The molecule has 0 aliphatic rings. The van der Waals surface area contributed by atoms with E-state index in [1.54, 1.807) is 29.1 Å². The summed E-state index contributed by atoms with van der Waals surface area (Å²) in [5.74, 6) is 1.57. The fraction of sp³-hybridized carbons (Fsp3) is 0.231. The zero-order valence-electron chi connectivity index (χ0n) is 18.8. The van der Waals surface area contributed by atoms with Crippen molar-refractivity contribution >= 4 is 23.3 Å². The van der Waals surface area contributed by atoms with E-state index >= 15 is 0 Å². The van der Waals surface area contributed by atoms with Crippen molar-refractivity contribution in [2.75, 3.05) is 5.32 Å². The van der Waals surface area contributed by atoms with Crippen LogP contribution in [0.1, 0.15) is 48.2 Å². The predicted octanol–water partition coefficient (Wildman–Crippen LogP) is 6.31. The second-order valence-corrected chi connectivity index (χ2v) is 9.25. The van der Waals surface area contributed by atoms with Gasteiger partial charge in [-0.3, -0.25) is 9.48 Å². The molecule has 0 saturated carbocycles. The molecule has 0 aliphatic carbocycles. The van der Waals surface area contributed by atoms with Gasteiger partial charge in [-0.1, -0.05) is 56.6 Å². The molecule has 4 rings (SSSR count). The topological polar surface area (TPSA) is 69.3 Å². The summed E-state index contributed by atoms with van der Waals surface area (Å²) < 4.78 is 13.2. The summed E-state index contributed by atoms with van der Waals surface area (Å²) in [6.45, 7) is 7.29. The first-order valence-corrected chi connectivity index (χ1v) is 11.1. The van der Waals surface area contributed by atoms with Crippen molar-refractivity contribution in [1.29, 1.82) is 0 Å². The predicted molar refractivity (Wildman–Crippen MR) is 129 cm³/mol. The molecular weight excluding hydrogens is 438 g/mol. The molecule has 0 saturated heterocycles. The van der Waals surface area contributed by atoms with Crippen molar-refractivity contribution in [3.63, 3.8) is 0 Å². The Labute approximate surface area is 198 Å². The van der Waals surface area contributed by atoms with Gasteiger partial charge in [-0.25, -0.2) is 0 Å². The number of carbonyl (C=O) groups is 1. The maximum absolute atomic E-state index is 12.5. The number of nitrogens with one attached hydrogen (secondary N) is 1. The average molecular weight is 464 g/mol. The summed E-state index contributed by atoms with van der Waals surface area (Å²) in [7, 11) is 0. The Balaban J connectivity index is 1.31. The number of anilines is 1. The molecule has 2 aromatic heterocycles. The van der Waals surface area contributed by atoms with Gasteiger partial charge in [-0.05, 0) is 52.9 Å². The van der Waals surface area contributed by atoms with Gasteiger partial charge >= 0.3 is 0 Å². The number of ether oxygens (including phenoxy) is 1. The van der Waals surface area contributed by atoms with E-state index in [1.807, 2.05) is 36.4 Å². The van der Waals surface area contributed by atoms with Gasteiger partial charge in [0.1, 0.15) is 18.1 Å². The fourth-order valence-electron chi connectivity index (χ4n) is 3.30. The van der Waals surface area contributed by atoms with Crippen molar-refractivity contribution in [2.45, 2.75) is 39.3 Å². The van der Waals surface area contributed by atoms with Crippen LogP contribution in [-0.4, -0.2) is 15.7 Å². The van der Waals surface area contributed by atoms with Crippen LogP contribution in [0.3, 0.4) is 0 Å². The number of halogens is 1. The molecule has 0 atom stereocenters. The van der Waals surface area contributed by atoms with Crippen LogP contribution >= 0.6 is 11.6 Å². The van der Waals surface area contributed by atoms with E-state index in [0.29, 0.717) is 23.1 Å². The first-order valence-electron chi connectivity index (χ1n) is 10.7. The first-order chi connectivity index (χ1) is 15.8. The minimum absolute atomic E-state index is 0.0902. The van der Waals surface area contributed by atoms with Crippen LogP contribution in [0.5, 0.6) is 5.75 Å². The number of hydrogen-bond acceptors (Lipinski definition) is 4. The molecule has 7 heteroatoms. The van der Waals surface area contributed by atoms with E-state index in [9.17, 15) is 4.79 Å². The minimum atomic E-state index is -0.371. The highest BCUT2D eigenvalue weighted by atomic mass is 35.5. The lowest BCUT2D eigenvalue weighted by atomic mass is 9.87. The highest BCUT2D eigenvalue weighted by molar-refractivity contribution is 6.30. The summed E-state index contributed by atoms with van der Waals surface area (Å²) in [6.07, 6.45) is 1.79. The van der Waals surface area contributed by atoms with Gasteiger partial charge < -0.3 is 14.5 Å². The molecular formula is C26H26ClN3O3. The summed E-state index contributed by atoms with van der Waals surface area (Å²) >= 11 is 6.03. The molecule has 2 aromatic carbocycles. The van der Waals surface area contributed by atoms with Crippen molar-refractivity contribution in [2.24, 2.45) is 0 Å². The van der Waals surface area contributed by atoms with Crippen LogP contribution in [0.4, 0.5) is 5.82 Å². The number of furan rings is 1. The third-order valence-corrected chi connectivity index (χ3v) is 5.34. The zero-order chi connectivity index (χ0) is 23.4. The van der Waals surface area contributed by atoms with Gasteiger partial charge in [-0.15, -0.1) is 0 Å². The lowest BCUT2D eigenvalue weighted by Gasteiger charge is -2.19. The third kappa shape index (κ3) is 6.05. The van der Waals surface area contributed by atoms with Gasteiger partial charge in [0.2, 0.25) is 0 Å². The first kappa shape index (κ1) is 22.7. The molecule has 1 amide bonds. The molecule has 0 radical (unpaired) electrons. The summed E-state index contributed by atoms with van der Waals surface area (Å²) in [4.78, 5) is 12.5. The Morgan fingerprint density at radius 2 is 1.88 bits per heavy atom. The highest BCUT2D eigenvalue weighted by Crippen LogP contribution is 2.25. The van der Waals surface area contributed by atoms with E-state index in [-0.39, 0.29) is 23.7 Å². The summed E-state index contributed by atoms with van der Waals surface area (Å²) in [5, 5.41) is 7.81. The molecule has 1 N–H and O–H groups in total. The summed E-state index contributed by atoms with van der Waals surface area (Å²) in [5.41, 5.74) is 2.35. The molecule has 0 aliphatic heterocycles. The molecule has 0 fully saturated rings. The monoisotopic (exact) mass is 463 g/mol. The molecule has 2 heterocycles. The van der Waals surface area contributed by atoms with E-state index in [0.717, 1.165) is 11.3 Å². The number of amides is 1. The van der Waals surface area contributed by atoms with Crippen molar-refractivity contribution < 1.29 is 13.9 Å². The number of aromatic nitrogens is 2. The van der Waals surface area contributed by atoms with E-state index in [2.05, 4.69) is 43.3 Å². The lowest BCUT2D eigenvalue weighted by molar-refractivity contribution is 0.0992. The Morgan fingerprint density at radius 1 is 1.09 bits per heavy atom. The van der Waals surface area contributed by atoms with E-state index in [4.69, 9.17) is 20.8 Å². The summed E-state index contributed by atoms with van der Waals surface area (Å²) in [6, 6.07) is 20.7. The quantitative estimate of drug-likeness (QED) is 0.349. The van der Waals surface area contributed by atoms with Crippen LogP contribution < -0.4 is 10.1 Å². The number of nitrogens with zero attached hydrogens (tertiary/aromatic N) is 2. The van der Waals surface area contributed by atoms with E-state index < -0.39 is 0 Å². The van der Waals surface area contributed by atoms with Crippen molar-refractivity contribution in [1.82, 2.24) is 9.78 Å². The van der Waals surface area contributed by atoms with Crippen LogP contribution in [0, 0.1) is 0 Å². The normalized spacial score (nSPS) is 11.4. The molecule has 0 bridgehead atoms. The van der Waals surface area contributed by atoms with E-state index in [1.165, 1.54) is 5.56 Å². The largest absolute Gasteiger partial charge is 0.486 e. The molecule has 0 spiro atoms. The second kappa shape index (κ2) is 9.55. The van der Waals surface area contributed by atoms with Gasteiger partial charge in [0.15, 0.2) is 11.6 Å². The third-order valence-electron chi connectivity index (χ3n) is 5.10. The van der Waals surface area contributed by atoms with Crippen molar-refractivity contribution in [3.05, 3.63) is 101 Å². The Kier molecular flexibility index (Phi) is 6.56. The zero-order valence-corrected chi connectivity index (χ0v) is 19.6. The van der Waals surface area contributed by atoms with Gasteiger partial charge in [-0.2, -0.15) is 5.10 Å². The van der Waals surface area contributed by atoms with Gasteiger partial charge in [0, 0.05) is 17.3 Å². The van der Waals surface area contributed by atoms with Crippen LogP contribution in [-0.2, 0) is 18.6 Å². The fourth-order valence-corrected chi connectivity index (χ4v) is 3.51. The molecule has 4 aromatic rings. The maximum atomic E-state index is 12.5. The molecule has 0 unspecified atom stereocenters. The maximum Gasteiger partial charge on any atom is 0.292 e. The number of rotatable bonds is 7. The Bertz CT molecular complexity index is 1240. The van der Waals surface area contributed by atoms with Crippen LogP contribution in [0.25, 0.3) is 0 Å². The number of hydrogen-bond donors (Lipinski definition) is 1. The minimum Gasteiger partial charge on any atom is -0.486 e. The standard InChI is InChI=1S/C26H26ClN3O3/c1-26(2,3)19-7-9-21(10-8-19)32-17-22-11-12-23(33-22)25(31)28-24-13-14-30(29-24)16-18-5-4-6-20(27)15-18/h4-15H,16-17H2,1-3H3,(H,28,29,31). The molecule has 33 heavy (non-hydrogen) atoms. The highest BCUT2D eigenvalue weighted by Gasteiger charge is 2.15. The molecule has 170 valence electrons. The molecule has 6 nitrogen and oxygen atoms in total. The van der Waals surface area contributed by atoms with Crippen LogP contribution in [0.2, 0.25) is 5.02 Å². The lowest BCUT2D eigenvalue weighted by Crippen LogP contribution is -2.12. The number of benzene rings is 2. The van der Waals surface area contributed by atoms with Crippen molar-refractivity contribution in [3.8, 4) is 5.75 Å². The average Bonchev–Trinajstić information content (AvgIpc) is 3.42. The Morgan fingerprint density at radius 3 is 2.61 bits per heavy atom. The SMILES string of the molecule is CC(C)(C)c1ccc(OCc2ccc(C(=O)Nc3ccn(Cc4cccc(Cl)c4)n3)o2)cc1. The number of carbonyl (C=O) groups excluding carboxylic acids is 1. The smallest absolute Gasteiger partial charge is 0.292 e. The van der Waals surface area contributed by atoms with Gasteiger partial charge in [0.05, 0.1) is 6.54 Å². The van der Waals surface area contributed by atoms with Gasteiger partial charge in [0.25, 0.3) is 5.91 Å². The van der Waals surface area contributed by atoms with Crippen LogP contribution in [0.15, 0.2) is 77.3 Å².